The summed E-state index contributed by atoms with van der Waals surface area (Å²) in [5, 5.41) is 0. The van der Waals surface area contributed by atoms with Gasteiger partial charge in [-0.25, -0.2) is 4.79 Å². The van der Waals surface area contributed by atoms with Crippen LogP contribution in [-0.4, -0.2) is 24.3 Å². The summed E-state index contributed by atoms with van der Waals surface area (Å²) in [7, 11) is 0. The summed E-state index contributed by atoms with van der Waals surface area (Å²) in [6, 6.07) is 15.8. The van der Waals surface area contributed by atoms with Gasteiger partial charge in [0.1, 0.15) is 0 Å². The first-order chi connectivity index (χ1) is 11.5. The lowest BCUT2D eigenvalue weighted by molar-refractivity contribution is -0.154. The zero-order valence-corrected chi connectivity index (χ0v) is 13.4. The molecular formula is C19H19NO4. The number of ether oxygens (including phenoxy) is 1. The fraction of sp³-hybridized carbons (Fsp3) is 0.211. The fourth-order valence-electron chi connectivity index (χ4n) is 2.56. The van der Waals surface area contributed by atoms with Crippen molar-refractivity contribution >= 4 is 17.7 Å². The molecule has 0 spiro atoms. The Kier molecular flexibility index (Phi) is 5.84. The molecule has 0 radical (unpaired) electrons. The number of carbonyl (C=O) groups excluding carboxylic acids is 3. The number of rotatable bonds is 7. The summed E-state index contributed by atoms with van der Waals surface area (Å²) < 4.78 is 4.84. The van der Waals surface area contributed by atoms with E-state index in [-0.39, 0.29) is 18.6 Å². The first kappa shape index (κ1) is 17.4. The average molecular weight is 325 g/mol. The number of nitrogens with two attached hydrogens (primary N) is 1. The normalized spacial score (nSPS) is 11.5. The van der Waals surface area contributed by atoms with E-state index < -0.39 is 23.6 Å². The second-order valence-electron chi connectivity index (χ2n) is 5.28. The van der Waals surface area contributed by atoms with Gasteiger partial charge in [-0.15, -0.1) is 0 Å². The number of hydrogen-bond acceptors (Lipinski definition) is 4. The van der Waals surface area contributed by atoms with Crippen LogP contribution in [-0.2, 0) is 20.7 Å². The van der Waals surface area contributed by atoms with E-state index in [2.05, 4.69) is 0 Å². The fourth-order valence-corrected chi connectivity index (χ4v) is 2.56. The molecule has 2 aromatic carbocycles. The molecule has 0 aliphatic carbocycles. The van der Waals surface area contributed by atoms with Crippen molar-refractivity contribution in [2.45, 2.75) is 19.3 Å². The highest BCUT2D eigenvalue weighted by molar-refractivity contribution is 6.36. The van der Waals surface area contributed by atoms with Crippen LogP contribution in [0.5, 0.6) is 0 Å². The van der Waals surface area contributed by atoms with Gasteiger partial charge in [-0.3, -0.25) is 9.59 Å². The number of esters is 1. The number of Topliss-reactive ketones (excluding diaryl/α,β-unsaturated/α-hetero) is 1. The van der Waals surface area contributed by atoms with Crippen molar-refractivity contribution in [1.82, 2.24) is 0 Å². The summed E-state index contributed by atoms with van der Waals surface area (Å²) in [6.45, 7) is 1.74. The predicted octanol–water partition coefficient (Wildman–Crippen LogP) is 2.24. The van der Waals surface area contributed by atoms with Crippen molar-refractivity contribution < 1.29 is 19.1 Å². The van der Waals surface area contributed by atoms with Crippen molar-refractivity contribution in [3.8, 4) is 0 Å². The maximum absolute atomic E-state index is 12.6. The van der Waals surface area contributed by atoms with Gasteiger partial charge in [0.15, 0.2) is 0 Å². The van der Waals surface area contributed by atoms with Gasteiger partial charge in [-0.1, -0.05) is 48.5 Å². The molecule has 0 saturated heterocycles. The van der Waals surface area contributed by atoms with Gasteiger partial charge in [-0.2, -0.15) is 0 Å². The molecule has 1 unspecified atom stereocenters. The van der Waals surface area contributed by atoms with Crippen LogP contribution in [0.25, 0.3) is 0 Å². The zero-order valence-electron chi connectivity index (χ0n) is 13.4. The van der Waals surface area contributed by atoms with Gasteiger partial charge >= 0.3 is 5.97 Å². The van der Waals surface area contributed by atoms with Gasteiger partial charge < -0.3 is 10.5 Å². The van der Waals surface area contributed by atoms with E-state index >= 15 is 0 Å². The zero-order chi connectivity index (χ0) is 17.5. The number of carbonyl (C=O) groups is 3. The first-order valence-electron chi connectivity index (χ1n) is 7.68. The number of primary amides is 1. The monoisotopic (exact) mass is 325 g/mol. The molecule has 2 N–H and O–H groups in total. The number of ketones is 1. The van der Waals surface area contributed by atoms with Crippen molar-refractivity contribution in [3.05, 3.63) is 71.3 Å². The lowest BCUT2D eigenvalue weighted by atomic mass is 9.85. The van der Waals surface area contributed by atoms with Gasteiger partial charge in [0, 0.05) is 5.56 Å². The lowest BCUT2D eigenvalue weighted by Crippen LogP contribution is -2.28. The highest BCUT2D eigenvalue weighted by atomic mass is 16.5. The number of amides is 1. The molecule has 0 aromatic heterocycles. The Bertz CT molecular complexity index is 740. The second kappa shape index (κ2) is 8.06. The van der Waals surface area contributed by atoms with Crippen molar-refractivity contribution in [3.63, 3.8) is 0 Å². The molecule has 5 heteroatoms. The highest BCUT2D eigenvalue weighted by Crippen LogP contribution is 2.26. The summed E-state index contributed by atoms with van der Waals surface area (Å²) in [5.41, 5.74) is 6.96. The van der Waals surface area contributed by atoms with E-state index in [0.717, 1.165) is 5.56 Å². The molecule has 0 bridgehead atoms. The molecule has 2 aromatic rings. The van der Waals surface area contributed by atoms with E-state index in [9.17, 15) is 14.4 Å². The summed E-state index contributed by atoms with van der Waals surface area (Å²) in [5.74, 6) is -3.05. The summed E-state index contributed by atoms with van der Waals surface area (Å²) in [6.07, 6.45) is 0.281. The van der Waals surface area contributed by atoms with Crippen molar-refractivity contribution in [2.75, 3.05) is 6.61 Å². The third kappa shape index (κ3) is 4.07. The number of hydrogen-bond donors (Lipinski definition) is 1. The van der Waals surface area contributed by atoms with Crippen LogP contribution in [0.15, 0.2) is 54.6 Å². The maximum Gasteiger partial charge on any atom is 0.375 e. The molecule has 2 rings (SSSR count). The molecular weight excluding hydrogens is 306 g/mol. The average Bonchev–Trinajstić information content (AvgIpc) is 2.60. The molecule has 124 valence electrons. The van der Waals surface area contributed by atoms with Gasteiger partial charge in [-0.05, 0) is 30.5 Å². The number of benzene rings is 2. The minimum Gasteiger partial charge on any atom is -0.460 e. The molecule has 24 heavy (non-hydrogen) atoms. The van der Waals surface area contributed by atoms with E-state index in [0.29, 0.717) is 5.56 Å². The lowest BCUT2D eigenvalue weighted by Gasteiger charge is -2.18. The van der Waals surface area contributed by atoms with Crippen LogP contribution < -0.4 is 5.73 Å². The smallest absolute Gasteiger partial charge is 0.375 e. The Morgan fingerprint density at radius 1 is 1.00 bits per heavy atom. The topological polar surface area (TPSA) is 86.5 Å². The van der Waals surface area contributed by atoms with Crippen molar-refractivity contribution in [2.24, 2.45) is 5.73 Å². The molecule has 0 heterocycles. The molecule has 1 amide bonds. The summed E-state index contributed by atoms with van der Waals surface area (Å²) in [4.78, 5) is 36.2. The van der Waals surface area contributed by atoms with Gasteiger partial charge in [0.2, 0.25) is 11.7 Å². The Morgan fingerprint density at radius 2 is 1.62 bits per heavy atom. The first-order valence-corrected chi connectivity index (χ1v) is 7.68. The SMILES string of the molecule is CCOC(=O)C(=O)C(Cc1ccccc1)c1ccccc1C(N)=O. The Balaban J connectivity index is 2.45. The summed E-state index contributed by atoms with van der Waals surface area (Å²) >= 11 is 0. The van der Waals surface area contributed by atoms with Crippen LogP contribution in [0.4, 0.5) is 0 Å². The second-order valence-corrected chi connectivity index (χ2v) is 5.28. The molecule has 0 aliphatic heterocycles. The maximum atomic E-state index is 12.6. The predicted molar refractivity (Wildman–Crippen MR) is 89.5 cm³/mol. The third-order valence-corrected chi connectivity index (χ3v) is 3.68. The molecule has 5 nitrogen and oxygen atoms in total. The standard InChI is InChI=1S/C19H19NO4/c1-2-24-19(23)17(21)16(12-13-8-4-3-5-9-13)14-10-6-7-11-15(14)18(20)22/h3-11,16H,2,12H2,1H3,(H2,20,22). The van der Waals surface area contributed by atoms with Gasteiger partial charge in [0.05, 0.1) is 12.5 Å². The molecule has 0 fully saturated rings. The van der Waals surface area contributed by atoms with E-state index in [1.807, 2.05) is 30.3 Å². The Labute approximate surface area is 140 Å². The van der Waals surface area contributed by atoms with E-state index in [1.165, 1.54) is 0 Å². The minimum absolute atomic E-state index is 0.111. The van der Waals surface area contributed by atoms with E-state index in [1.54, 1.807) is 31.2 Å². The highest BCUT2D eigenvalue weighted by Gasteiger charge is 2.30. The van der Waals surface area contributed by atoms with Crippen LogP contribution in [0.1, 0.15) is 34.3 Å². The third-order valence-electron chi connectivity index (χ3n) is 3.68. The quantitative estimate of drug-likeness (QED) is 0.625. The van der Waals surface area contributed by atoms with Crippen molar-refractivity contribution in [1.29, 1.82) is 0 Å². The van der Waals surface area contributed by atoms with Crippen LogP contribution >= 0.6 is 0 Å². The Hall–Kier alpha value is -2.95. The van der Waals surface area contributed by atoms with Crippen LogP contribution in [0, 0.1) is 0 Å². The molecule has 0 saturated carbocycles. The van der Waals surface area contributed by atoms with Crippen LogP contribution in [0.3, 0.4) is 0 Å². The van der Waals surface area contributed by atoms with E-state index in [4.69, 9.17) is 10.5 Å². The Morgan fingerprint density at radius 3 is 2.25 bits per heavy atom. The minimum atomic E-state index is -0.905. The molecule has 1 atom stereocenters. The van der Waals surface area contributed by atoms with Crippen LogP contribution in [0.2, 0.25) is 0 Å². The molecule has 0 aliphatic rings. The van der Waals surface area contributed by atoms with Gasteiger partial charge in [0.25, 0.3) is 0 Å². The largest absolute Gasteiger partial charge is 0.460 e.